The fourth-order valence-corrected chi connectivity index (χ4v) is 3.36. The van der Waals surface area contributed by atoms with Gasteiger partial charge in [-0.1, -0.05) is 50.1 Å². The van der Waals surface area contributed by atoms with Crippen molar-refractivity contribution in [2.24, 2.45) is 11.7 Å². The molecular weight excluding hydrogens is 260 g/mol. The van der Waals surface area contributed by atoms with Crippen molar-refractivity contribution in [1.29, 1.82) is 0 Å². The summed E-state index contributed by atoms with van der Waals surface area (Å²) >= 11 is 0. The van der Waals surface area contributed by atoms with Crippen LogP contribution in [0.15, 0.2) is 30.3 Å². The van der Waals surface area contributed by atoms with Crippen LogP contribution in [0, 0.1) is 5.92 Å². The Labute approximate surface area is 129 Å². The maximum atomic E-state index is 10.8. The van der Waals surface area contributed by atoms with Crippen LogP contribution in [0.1, 0.15) is 44.6 Å². The highest BCUT2D eigenvalue weighted by Crippen LogP contribution is 2.26. The summed E-state index contributed by atoms with van der Waals surface area (Å²) in [6, 6.07) is 9.85. The van der Waals surface area contributed by atoms with Crippen molar-refractivity contribution in [3.05, 3.63) is 35.9 Å². The van der Waals surface area contributed by atoms with E-state index >= 15 is 0 Å². The molecule has 1 fully saturated rings. The number of hydrogen-bond acceptors (Lipinski definition) is 3. The van der Waals surface area contributed by atoms with E-state index in [1.165, 1.54) is 38.8 Å². The molecule has 1 atom stereocenters. The van der Waals surface area contributed by atoms with Crippen molar-refractivity contribution in [2.75, 3.05) is 26.2 Å². The van der Waals surface area contributed by atoms with E-state index in [1.807, 2.05) is 30.3 Å². The van der Waals surface area contributed by atoms with E-state index in [4.69, 9.17) is 5.73 Å². The Morgan fingerprint density at radius 3 is 2.48 bits per heavy atom. The lowest BCUT2D eigenvalue weighted by Gasteiger charge is -2.35. The van der Waals surface area contributed by atoms with E-state index in [1.54, 1.807) is 0 Å². The first-order valence-electron chi connectivity index (χ1n) is 8.38. The summed E-state index contributed by atoms with van der Waals surface area (Å²) < 4.78 is 0. The van der Waals surface area contributed by atoms with Gasteiger partial charge in [0.15, 0.2) is 0 Å². The fraction of sp³-hybridized carbons (Fsp3) is 0.667. The lowest BCUT2D eigenvalue weighted by Crippen LogP contribution is -2.41. The maximum absolute atomic E-state index is 10.8. The van der Waals surface area contributed by atoms with Gasteiger partial charge in [0.05, 0.1) is 0 Å². The molecule has 1 aromatic rings. The maximum Gasteiger partial charge on any atom is 0.103 e. The molecule has 0 amide bonds. The van der Waals surface area contributed by atoms with Crippen LogP contribution in [0.4, 0.5) is 0 Å². The van der Waals surface area contributed by atoms with E-state index in [0.29, 0.717) is 6.42 Å². The Kier molecular flexibility index (Phi) is 6.22. The van der Waals surface area contributed by atoms with Crippen molar-refractivity contribution in [2.45, 2.75) is 44.6 Å². The lowest BCUT2D eigenvalue weighted by molar-refractivity contribution is 0.0218. The minimum atomic E-state index is -0.887. The van der Waals surface area contributed by atoms with Gasteiger partial charge in [-0.25, -0.2) is 0 Å². The van der Waals surface area contributed by atoms with Crippen LogP contribution in [-0.2, 0) is 5.60 Å². The number of nitrogens with zero attached hydrogens (tertiary/aromatic N) is 1. The molecule has 0 aliphatic carbocycles. The molecule has 3 heteroatoms. The molecular formula is C18H30N2O. The van der Waals surface area contributed by atoms with Gasteiger partial charge in [0.2, 0.25) is 0 Å². The average Bonchev–Trinajstić information content (AvgIpc) is 2.55. The molecule has 1 saturated heterocycles. The van der Waals surface area contributed by atoms with Crippen LogP contribution in [0.25, 0.3) is 0 Å². The molecule has 1 heterocycles. The minimum absolute atomic E-state index is 0.281. The van der Waals surface area contributed by atoms with Gasteiger partial charge in [0, 0.05) is 13.1 Å². The van der Waals surface area contributed by atoms with Gasteiger partial charge >= 0.3 is 0 Å². The largest absolute Gasteiger partial charge is 0.384 e. The summed E-state index contributed by atoms with van der Waals surface area (Å²) in [6.07, 6.45) is 5.99. The topological polar surface area (TPSA) is 49.5 Å². The number of likely N-dealkylation sites (tertiary alicyclic amines) is 1. The van der Waals surface area contributed by atoms with Crippen LogP contribution in [0.5, 0.6) is 0 Å². The molecule has 1 aliphatic rings. The van der Waals surface area contributed by atoms with E-state index < -0.39 is 5.60 Å². The van der Waals surface area contributed by atoms with Gasteiger partial charge in [-0.15, -0.1) is 0 Å². The molecule has 0 radical (unpaired) electrons. The molecule has 0 spiro atoms. The first-order chi connectivity index (χ1) is 10.2. The van der Waals surface area contributed by atoms with Crippen LogP contribution < -0.4 is 5.73 Å². The monoisotopic (exact) mass is 290 g/mol. The van der Waals surface area contributed by atoms with E-state index in [9.17, 15) is 5.11 Å². The molecule has 2 rings (SSSR count). The van der Waals surface area contributed by atoms with Crippen LogP contribution in [0.3, 0.4) is 0 Å². The minimum Gasteiger partial charge on any atom is -0.384 e. The number of benzene rings is 1. The van der Waals surface area contributed by atoms with Gasteiger partial charge in [0.25, 0.3) is 0 Å². The van der Waals surface area contributed by atoms with Crippen LogP contribution >= 0.6 is 0 Å². The SMILES string of the molecule is CCCC1CCN(CCC(O)(CN)c2ccccc2)CC1. The standard InChI is InChI=1S/C18H30N2O/c1-2-6-16-9-12-20(13-10-16)14-11-18(21,15-19)17-7-4-3-5-8-17/h3-5,7-8,16,21H,2,6,9-15,19H2,1H3. The zero-order valence-corrected chi connectivity index (χ0v) is 13.3. The molecule has 1 aromatic carbocycles. The van der Waals surface area contributed by atoms with Crippen molar-refractivity contribution in [3.8, 4) is 0 Å². The summed E-state index contributed by atoms with van der Waals surface area (Å²) in [5.74, 6) is 0.911. The quantitative estimate of drug-likeness (QED) is 0.812. The van der Waals surface area contributed by atoms with Crippen molar-refractivity contribution in [3.63, 3.8) is 0 Å². The highest BCUT2D eigenvalue weighted by atomic mass is 16.3. The van der Waals surface area contributed by atoms with E-state index in [-0.39, 0.29) is 6.54 Å². The van der Waals surface area contributed by atoms with E-state index in [0.717, 1.165) is 18.0 Å². The van der Waals surface area contributed by atoms with Gasteiger partial charge in [-0.3, -0.25) is 0 Å². The zero-order valence-electron chi connectivity index (χ0n) is 13.3. The summed E-state index contributed by atoms with van der Waals surface area (Å²) in [5.41, 5.74) is 5.90. The molecule has 118 valence electrons. The Hall–Kier alpha value is -0.900. The second-order valence-electron chi connectivity index (χ2n) is 6.43. The number of piperidine rings is 1. The summed E-state index contributed by atoms with van der Waals surface area (Å²) in [5, 5.41) is 10.8. The molecule has 0 aromatic heterocycles. The Morgan fingerprint density at radius 2 is 1.90 bits per heavy atom. The normalized spacial score (nSPS) is 20.3. The Bertz CT molecular complexity index is 401. The third kappa shape index (κ3) is 4.53. The highest BCUT2D eigenvalue weighted by molar-refractivity contribution is 5.22. The lowest BCUT2D eigenvalue weighted by atomic mass is 9.89. The second-order valence-corrected chi connectivity index (χ2v) is 6.43. The first-order valence-corrected chi connectivity index (χ1v) is 8.38. The molecule has 0 bridgehead atoms. The van der Waals surface area contributed by atoms with Gasteiger partial charge in [-0.2, -0.15) is 0 Å². The zero-order chi connectivity index (χ0) is 15.1. The number of aliphatic hydroxyl groups is 1. The third-order valence-electron chi connectivity index (χ3n) is 4.89. The van der Waals surface area contributed by atoms with Crippen molar-refractivity contribution >= 4 is 0 Å². The molecule has 0 saturated carbocycles. The summed E-state index contributed by atoms with van der Waals surface area (Å²) in [7, 11) is 0. The Morgan fingerprint density at radius 1 is 1.24 bits per heavy atom. The molecule has 3 nitrogen and oxygen atoms in total. The first kappa shape index (κ1) is 16.5. The summed E-state index contributed by atoms with van der Waals surface area (Å²) in [4.78, 5) is 2.48. The second kappa shape index (κ2) is 7.92. The molecule has 1 aliphatic heterocycles. The molecule has 3 N–H and O–H groups in total. The van der Waals surface area contributed by atoms with Gasteiger partial charge < -0.3 is 15.7 Å². The fourth-order valence-electron chi connectivity index (χ4n) is 3.36. The number of rotatable bonds is 7. The number of hydrogen-bond donors (Lipinski definition) is 2. The van der Waals surface area contributed by atoms with Crippen molar-refractivity contribution < 1.29 is 5.11 Å². The van der Waals surface area contributed by atoms with E-state index in [2.05, 4.69) is 11.8 Å². The smallest absolute Gasteiger partial charge is 0.103 e. The van der Waals surface area contributed by atoms with Crippen molar-refractivity contribution in [1.82, 2.24) is 4.90 Å². The predicted molar refractivity (Wildman–Crippen MR) is 88.1 cm³/mol. The third-order valence-corrected chi connectivity index (χ3v) is 4.89. The molecule has 21 heavy (non-hydrogen) atoms. The molecule has 1 unspecified atom stereocenters. The van der Waals surface area contributed by atoms with Crippen LogP contribution in [-0.4, -0.2) is 36.2 Å². The summed E-state index contributed by atoms with van der Waals surface area (Å²) in [6.45, 7) is 5.82. The highest BCUT2D eigenvalue weighted by Gasteiger charge is 2.28. The predicted octanol–water partition coefficient (Wildman–Crippen LogP) is 2.74. The van der Waals surface area contributed by atoms with Gasteiger partial charge in [-0.05, 0) is 43.8 Å². The van der Waals surface area contributed by atoms with Gasteiger partial charge in [0.1, 0.15) is 5.60 Å². The number of nitrogens with two attached hydrogens (primary N) is 1. The Balaban J connectivity index is 1.84. The average molecular weight is 290 g/mol. The van der Waals surface area contributed by atoms with Crippen LogP contribution in [0.2, 0.25) is 0 Å².